The second kappa shape index (κ2) is 7.52. The van der Waals surface area contributed by atoms with E-state index in [0.29, 0.717) is 24.6 Å². The maximum absolute atomic E-state index is 13.5. The topological polar surface area (TPSA) is 69.2 Å². The fourth-order valence-electron chi connectivity index (χ4n) is 3.41. The van der Waals surface area contributed by atoms with Crippen LogP contribution in [0.15, 0.2) is 22.7 Å². The smallest absolute Gasteiger partial charge is 0.229 e. The molecule has 1 aliphatic heterocycles. The molecule has 136 valence electrons. The average Bonchev–Trinajstić information content (AvgIpc) is 3.41. The van der Waals surface area contributed by atoms with Crippen LogP contribution in [0.3, 0.4) is 0 Å². The Morgan fingerprint density at radius 1 is 1.15 bits per heavy atom. The van der Waals surface area contributed by atoms with Gasteiger partial charge in [0.15, 0.2) is 5.82 Å². The van der Waals surface area contributed by atoms with Crippen molar-refractivity contribution in [1.29, 1.82) is 5.26 Å². The Hall–Kier alpha value is -2.30. The molecule has 6 nitrogen and oxygen atoms in total. The van der Waals surface area contributed by atoms with Crippen LogP contribution in [0, 0.1) is 17.1 Å². The monoisotopic (exact) mass is 355 g/mol. The van der Waals surface area contributed by atoms with Gasteiger partial charge in [0.05, 0.1) is 18.2 Å². The van der Waals surface area contributed by atoms with Gasteiger partial charge in [0, 0.05) is 25.6 Å². The quantitative estimate of drug-likeness (QED) is 0.821. The first-order chi connectivity index (χ1) is 12.7. The van der Waals surface area contributed by atoms with Crippen LogP contribution in [-0.4, -0.2) is 46.1 Å². The van der Waals surface area contributed by atoms with Crippen molar-refractivity contribution in [3.63, 3.8) is 0 Å². The molecule has 2 aliphatic rings. The van der Waals surface area contributed by atoms with Gasteiger partial charge >= 0.3 is 0 Å². The van der Waals surface area contributed by atoms with Crippen LogP contribution in [0.1, 0.15) is 48.0 Å². The number of halogens is 1. The molecule has 2 fully saturated rings. The van der Waals surface area contributed by atoms with E-state index in [-0.39, 0.29) is 5.82 Å². The van der Waals surface area contributed by atoms with Gasteiger partial charge in [-0.3, -0.25) is 9.80 Å². The molecule has 1 aliphatic carbocycles. The van der Waals surface area contributed by atoms with E-state index < -0.39 is 0 Å². The summed E-state index contributed by atoms with van der Waals surface area (Å²) in [6.45, 7) is 4.96. The van der Waals surface area contributed by atoms with E-state index in [2.05, 4.69) is 26.0 Å². The Morgan fingerprint density at radius 3 is 2.65 bits per heavy atom. The second-order valence-corrected chi connectivity index (χ2v) is 7.14. The van der Waals surface area contributed by atoms with E-state index >= 15 is 0 Å². The van der Waals surface area contributed by atoms with Gasteiger partial charge in [-0.2, -0.15) is 10.2 Å². The number of hydrogen-bond donors (Lipinski definition) is 0. The Kier molecular flexibility index (Phi) is 4.96. The molecule has 1 saturated carbocycles. The standard InChI is InChI=1S/C19H22FN5O/c20-17-5-4-15(11-21)16(10-17)12-24-6-1-7-25(9-8-24)13-18-22-19(26-23-18)14-2-3-14/h4-5,10,14H,1-3,6-9,12-13H2. The third kappa shape index (κ3) is 4.09. The predicted octanol–water partition coefficient (Wildman–Crippen LogP) is 2.67. The third-order valence-corrected chi connectivity index (χ3v) is 5.04. The highest BCUT2D eigenvalue weighted by Gasteiger charge is 2.30. The number of rotatable bonds is 5. The maximum atomic E-state index is 13.5. The summed E-state index contributed by atoms with van der Waals surface area (Å²) in [7, 11) is 0. The zero-order valence-electron chi connectivity index (χ0n) is 14.7. The predicted molar refractivity (Wildman–Crippen MR) is 92.6 cm³/mol. The third-order valence-electron chi connectivity index (χ3n) is 5.04. The lowest BCUT2D eigenvalue weighted by Crippen LogP contribution is -2.30. The van der Waals surface area contributed by atoms with E-state index in [0.717, 1.165) is 62.7 Å². The van der Waals surface area contributed by atoms with E-state index in [4.69, 9.17) is 4.52 Å². The first-order valence-electron chi connectivity index (χ1n) is 9.17. The number of benzene rings is 1. The van der Waals surface area contributed by atoms with E-state index in [9.17, 15) is 9.65 Å². The summed E-state index contributed by atoms with van der Waals surface area (Å²) in [6.07, 6.45) is 3.33. The van der Waals surface area contributed by atoms with Gasteiger partial charge in [0.1, 0.15) is 5.82 Å². The van der Waals surface area contributed by atoms with Crippen LogP contribution in [-0.2, 0) is 13.1 Å². The minimum Gasteiger partial charge on any atom is -0.339 e. The van der Waals surface area contributed by atoms with Crippen molar-refractivity contribution in [2.75, 3.05) is 26.2 Å². The summed E-state index contributed by atoms with van der Waals surface area (Å²) in [5.74, 6) is 1.74. The summed E-state index contributed by atoms with van der Waals surface area (Å²) in [5, 5.41) is 13.3. The van der Waals surface area contributed by atoms with Gasteiger partial charge in [0.2, 0.25) is 5.89 Å². The zero-order valence-corrected chi connectivity index (χ0v) is 14.7. The molecule has 0 unspecified atom stereocenters. The largest absolute Gasteiger partial charge is 0.339 e. The van der Waals surface area contributed by atoms with Crippen LogP contribution in [0.4, 0.5) is 4.39 Å². The van der Waals surface area contributed by atoms with Gasteiger partial charge in [-0.25, -0.2) is 4.39 Å². The van der Waals surface area contributed by atoms with Crippen molar-refractivity contribution in [2.24, 2.45) is 0 Å². The summed E-state index contributed by atoms with van der Waals surface area (Å²) in [5.41, 5.74) is 1.31. The molecular weight excluding hydrogens is 333 g/mol. The minimum absolute atomic E-state index is 0.293. The lowest BCUT2D eigenvalue weighted by molar-refractivity contribution is 0.241. The highest BCUT2D eigenvalue weighted by atomic mass is 19.1. The molecule has 7 heteroatoms. The molecule has 0 bridgehead atoms. The van der Waals surface area contributed by atoms with Crippen LogP contribution < -0.4 is 0 Å². The summed E-state index contributed by atoms with van der Waals surface area (Å²) in [6, 6.07) is 6.53. The van der Waals surface area contributed by atoms with Crippen LogP contribution >= 0.6 is 0 Å². The van der Waals surface area contributed by atoms with Gasteiger partial charge in [-0.05, 0) is 56.1 Å². The fraction of sp³-hybridized carbons (Fsp3) is 0.526. The minimum atomic E-state index is -0.293. The van der Waals surface area contributed by atoms with E-state index in [1.54, 1.807) is 6.07 Å². The molecule has 0 radical (unpaired) electrons. The van der Waals surface area contributed by atoms with Gasteiger partial charge in [0.25, 0.3) is 0 Å². The summed E-state index contributed by atoms with van der Waals surface area (Å²) < 4.78 is 18.9. The van der Waals surface area contributed by atoms with Crippen molar-refractivity contribution in [2.45, 2.75) is 38.3 Å². The first kappa shape index (κ1) is 17.1. The SMILES string of the molecule is N#Cc1ccc(F)cc1CN1CCCN(Cc2noc(C3CC3)n2)CC1. The van der Waals surface area contributed by atoms with Crippen molar-refractivity contribution in [3.05, 3.63) is 46.9 Å². The first-order valence-corrected chi connectivity index (χ1v) is 9.17. The Morgan fingerprint density at radius 2 is 1.92 bits per heavy atom. The lowest BCUT2D eigenvalue weighted by atomic mass is 10.1. The van der Waals surface area contributed by atoms with E-state index in [1.165, 1.54) is 12.1 Å². The molecule has 1 saturated heterocycles. The van der Waals surface area contributed by atoms with Crippen molar-refractivity contribution in [1.82, 2.24) is 19.9 Å². The highest BCUT2D eigenvalue weighted by molar-refractivity contribution is 5.37. The molecule has 0 amide bonds. The summed E-state index contributed by atoms with van der Waals surface area (Å²) in [4.78, 5) is 9.12. The normalized spacial score (nSPS) is 19.2. The van der Waals surface area contributed by atoms with Crippen LogP contribution in [0.2, 0.25) is 0 Å². The molecule has 0 atom stereocenters. The zero-order chi connectivity index (χ0) is 17.9. The highest BCUT2D eigenvalue weighted by Crippen LogP contribution is 2.38. The number of hydrogen-bond acceptors (Lipinski definition) is 6. The number of nitrogens with zero attached hydrogens (tertiary/aromatic N) is 5. The molecular formula is C19H22FN5O. The van der Waals surface area contributed by atoms with Gasteiger partial charge in [-0.15, -0.1) is 0 Å². The lowest BCUT2D eigenvalue weighted by Gasteiger charge is -2.21. The molecule has 26 heavy (non-hydrogen) atoms. The number of nitriles is 1. The van der Waals surface area contributed by atoms with Gasteiger partial charge < -0.3 is 4.52 Å². The molecule has 1 aromatic carbocycles. The fourth-order valence-corrected chi connectivity index (χ4v) is 3.41. The molecule has 2 aromatic rings. The second-order valence-electron chi connectivity index (χ2n) is 7.14. The molecule has 0 spiro atoms. The molecule has 1 aromatic heterocycles. The molecule has 0 N–H and O–H groups in total. The Labute approximate surface area is 152 Å². The number of aromatic nitrogens is 2. The van der Waals surface area contributed by atoms with Crippen LogP contribution in [0.5, 0.6) is 0 Å². The average molecular weight is 355 g/mol. The maximum Gasteiger partial charge on any atom is 0.229 e. The van der Waals surface area contributed by atoms with E-state index in [1.807, 2.05) is 0 Å². The molecule has 4 rings (SSSR count). The van der Waals surface area contributed by atoms with Crippen LogP contribution in [0.25, 0.3) is 0 Å². The Bertz CT molecular complexity index is 811. The molecule has 2 heterocycles. The Balaban J connectivity index is 1.34. The summed E-state index contributed by atoms with van der Waals surface area (Å²) >= 11 is 0. The van der Waals surface area contributed by atoms with Crippen molar-refractivity contribution >= 4 is 0 Å². The van der Waals surface area contributed by atoms with Crippen molar-refractivity contribution < 1.29 is 8.91 Å². The van der Waals surface area contributed by atoms with Gasteiger partial charge in [-0.1, -0.05) is 5.16 Å². The van der Waals surface area contributed by atoms with Crippen molar-refractivity contribution in [3.8, 4) is 6.07 Å².